The molecule has 19 heavy (non-hydrogen) atoms. The van der Waals surface area contributed by atoms with Crippen LogP contribution in [0.2, 0.25) is 10.0 Å². The number of benzene rings is 2. The molecule has 0 unspecified atom stereocenters. The second kappa shape index (κ2) is 6.06. The number of carbonyl (C=O) groups excluding carboxylic acids is 1. The lowest BCUT2D eigenvalue weighted by atomic mass is 10.1. The second-order valence-corrected chi connectivity index (χ2v) is 4.78. The number of hydrogen-bond donors (Lipinski definition) is 2. The minimum atomic E-state index is -0.312. The lowest BCUT2D eigenvalue weighted by Gasteiger charge is -2.10. The van der Waals surface area contributed by atoms with Crippen molar-refractivity contribution in [1.82, 2.24) is 0 Å². The number of halogens is 2. The van der Waals surface area contributed by atoms with Crippen molar-refractivity contribution in [2.45, 2.75) is 6.54 Å². The molecule has 2 aromatic rings. The number of hydrogen-bond acceptors (Lipinski definition) is 2. The number of nitrogens with one attached hydrogen (secondary N) is 1. The van der Waals surface area contributed by atoms with Gasteiger partial charge in [-0.1, -0.05) is 41.4 Å². The van der Waals surface area contributed by atoms with E-state index < -0.39 is 0 Å². The van der Waals surface area contributed by atoms with Crippen LogP contribution in [0.1, 0.15) is 15.9 Å². The summed E-state index contributed by atoms with van der Waals surface area (Å²) in [5, 5.41) is 3.60. The number of anilines is 1. The first-order valence-electron chi connectivity index (χ1n) is 5.66. The molecule has 0 fully saturated rings. The van der Waals surface area contributed by atoms with Crippen LogP contribution in [0.15, 0.2) is 42.5 Å². The fraction of sp³-hybridized carbons (Fsp3) is 0.0714. The number of rotatable bonds is 3. The summed E-state index contributed by atoms with van der Waals surface area (Å²) in [5.41, 5.74) is 7.48. The van der Waals surface area contributed by atoms with Gasteiger partial charge in [-0.3, -0.25) is 4.79 Å². The van der Waals surface area contributed by atoms with Crippen molar-refractivity contribution in [3.63, 3.8) is 0 Å². The molecule has 0 aliphatic carbocycles. The van der Waals surface area contributed by atoms with Gasteiger partial charge in [0.05, 0.1) is 10.6 Å². The van der Waals surface area contributed by atoms with E-state index in [0.717, 1.165) is 5.56 Å². The van der Waals surface area contributed by atoms with E-state index in [0.29, 0.717) is 27.8 Å². The maximum Gasteiger partial charge on any atom is 0.257 e. The molecule has 5 heteroatoms. The highest BCUT2D eigenvalue weighted by atomic mass is 35.5. The van der Waals surface area contributed by atoms with Crippen molar-refractivity contribution in [3.05, 3.63) is 63.6 Å². The molecular weight excluding hydrogens is 283 g/mol. The minimum absolute atomic E-state index is 0.312. The van der Waals surface area contributed by atoms with Crippen LogP contribution in [0.25, 0.3) is 0 Å². The van der Waals surface area contributed by atoms with E-state index in [4.69, 9.17) is 28.9 Å². The Morgan fingerprint density at radius 3 is 2.63 bits per heavy atom. The highest BCUT2D eigenvalue weighted by molar-refractivity contribution is 6.36. The minimum Gasteiger partial charge on any atom is -0.326 e. The molecule has 98 valence electrons. The summed E-state index contributed by atoms with van der Waals surface area (Å²) in [6.07, 6.45) is 0. The number of amides is 1. The molecule has 0 aromatic heterocycles. The number of carbonyl (C=O) groups is 1. The quantitative estimate of drug-likeness (QED) is 0.907. The lowest BCUT2D eigenvalue weighted by molar-refractivity contribution is 0.102. The van der Waals surface area contributed by atoms with Gasteiger partial charge in [0, 0.05) is 17.3 Å². The Balaban J connectivity index is 2.28. The first-order valence-corrected chi connectivity index (χ1v) is 6.42. The molecule has 3 N–H and O–H groups in total. The maximum atomic E-state index is 12.2. The van der Waals surface area contributed by atoms with Crippen LogP contribution in [0, 0.1) is 0 Å². The Morgan fingerprint density at radius 2 is 1.89 bits per heavy atom. The van der Waals surface area contributed by atoms with Crippen LogP contribution in [0.5, 0.6) is 0 Å². The maximum absolute atomic E-state index is 12.2. The van der Waals surface area contributed by atoms with Gasteiger partial charge in [-0.2, -0.15) is 0 Å². The van der Waals surface area contributed by atoms with Crippen molar-refractivity contribution in [2.75, 3.05) is 5.32 Å². The van der Waals surface area contributed by atoms with Crippen molar-refractivity contribution in [3.8, 4) is 0 Å². The van der Waals surface area contributed by atoms with Gasteiger partial charge in [-0.15, -0.1) is 0 Å². The van der Waals surface area contributed by atoms with Crippen LogP contribution in [0.3, 0.4) is 0 Å². The zero-order chi connectivity index (χ0) is 13.8. The van der Waals surface area contributed by atoms with E-state index in [-0.39, 0.29) is 5.91 Å². The van der Waals surface area contributed by atoms with Gasteiger partial charge in [0.1, 0.15) is 0 Å². The van der Waals surface area contributed by atoms with Gasteiger partial charge in [0.25, 0.3) is 5.91 Å². The molecule has 0 radical (unpaired) electrons. The number of para-hydroxylation sites is 1. The zero-order valence-corrected chi connectivity index (χ0v) is 11.5. The molecule has 0 aliphatic rings. The van der Waals surface area contributed by atoms with Crippen molar-refractivity contribution < 1.29 is 4.79 Å². The van der Waals surface area contributed by atoms with Crippen LogP contribution < -0.4 is 11.1 Å². The molecule has 0 heterocycles. The van der Waals surface area contributed by atoms with E-state index in [2.05, 4.69) is 5.32 Å². The van der Waals surface area contributed by atoms with Gasteiger partial charge in [-0.05, 0) is 29.8 Å². The Labute approximate surface area is 121 Å². The highest BCUT2D eigenvalue weighted by Gasteiger charge is 2.12. The molecule has 0 bridgehead atoms. The predicted octanol–water partition coefficient (Wildman–Crippen LogP) is 3.70. The lowest BCUT2D eigenvalue weighted by Crippen LogP contribution is -2.14. The first-order chi connectivity index (χ1) is 9.11. The third-order valence-corrected chi connectivity index (χ3v) is 3.22. The summed E-state index contributed by atoms with van der Waals surface area (Å²) in [6.45, 7) is 0.347. The van der Waals surface area contributed by atoms with Gasteiger partial charge >= 0.3 is 0 Å². The summed E-state index contributed by atoms with van der Waals surface area (Å²) in [5.74, 6) is -0.312. The van der Waals surface area contributed by atoms with E-state index in [1.807, 2.05) is 18.2 Å². The van der Waals surface area contributed by atoms with Crippen molar-refractivity contribution >= 4 is 34.8 Å². The van der Waals surface area contributed by atoms with E-state index in [9.17, 15) is 4.79 Å². The molecule has 0 aliphatic heterocycles. The smallest absolute Gasteiger partial charge is 0.257 e. The first kappa shape index (κ1) is 13.9. The Bertz CT molecular complexity index is 614. The Kier molecular flexibility index (Phi) is 4.43. The normalized spacial score (nSPS) is 10.3. The molecule has 0 saturated heterocycles. The van der Waals surface area contributed by atoms with Gasteiger partial charge < -0.3 is 11.1 Å². The molecule has 0 atom stereocenters. The third-order valence-electron chi connectivity index (χ3n) is 2.66. The predicted molar refractivity (Wildman–Crippen MR) is 78.7 cm³/mol. The average Bonchev–Trinajstić information content (AvgIpc) is 2.42. The molecule has 2 aromatic carbocycles. The number of nitrogens with two attached hydrogens (primary N) is 1. The summed E-state index contributed by atoms with van der Waals surface area (Å²) < 4.78 is 0. The van der Waals surface area contributed by atoms with Crippen LogP contribution in [0.4, 0.5) is 5.69 Å². The topological polar surface area (TPSA) is 55.1 Å². The molecule has 2 rings (SSSR count). The van der Waals surface area contributed by atoms with Crippen molar-refractivity contribution in [1.29, 1.82) is 0 Å². The van der Waals surface area contributed by atoms with E-state index >= 15 is 0 Å². The molecular formula is C14H12Cl2N2O. The monoisotopic (exact) mass is 294 g/mol. The van der Waals surface area contributed by atoms with Crippen molar-refractivity contribution in [2.24, 2.45) is 5.73 Å². The van der Waals surface area contributed by atoms with Gasteiger partial charge in [-0.25, -0.2) is 0 Å². The largest absolute Gasteiger partial charge is 0.326 e. The zero-order valence-electron chi connectivity index (χ0n) is 9.99. The van der Waals surface area contributed by atoms with Gasteiger partial charge in [0.15, 0.2) is 0 Å². The second-order valence-electron chi connectivity index (χ2n) is 3.94. The molecule has 0 saturated carbocycles. The third kappa shape index (κ3) is 3.26. The SMILES string of the molecule is NCc1ccccc1NC(=O)c1cc(Cl)ccc1Cl. The van der Waals surface area contributed by atoms with Gasteiger partial charge in [0.2, 0.25) is 0 Å². The summed E-state index contributed by atoms with van der Waals surface area (Å²) >= 11 is 11.9. The fourth-order valence-electron chi connectivity index (χ4n) is 1.68. The Hall–Kier alpha value is -1.55. The van der Waals surface area contributed by atoms with Crippen LogP contribution in [-0.2, 0) is 6.54 Å². The van der Waals surface area contributed by atoms with Crippen LogP contribution in [-0.4, -0.2) is 5.91 Å². The standard InChI is InChI=1S/C14H12Cl2N2O/c15-10-5-6-12(16)11(7-10)14(19)18-13-4-2-1-3-9(13)8-17/h1-7H,8,17H2,(H,18,19). The van der Waals surface area contributed by atoms with E-state index in [1.54, 1.807) is 18.2 Å². The summed E-state index contributed by atoms with van der Waals surface area (Å²) in [6, 6.07) is 12.1. The van der Waals surface area contributed by atoms with Crippen LogP contribution >= 0.6 is 23.2 Å². The molecule has 1 amide bonds. The summed E-state index contributed by atoms with van der Waals surface area (Å²) in [4.78, 5) is 12.2. The molecule has 0 spiro atoms. The fourth-order valence-corrected chi connectivity index (χ4v) is 2.06. The molecule has 3 nitrogen and oxygen atoms in total. The summed E-state index contributed by atoms with van der Waals surface area (Å²) in [7, 11) is 0. The average molecular weight is 295 g/mol. The Morgan fingerprint density at radius 1 is 1.16 bits per heavy atom. The highest BCUT2D eigenvalue weighted by Crippen LogP contribution is 2.22. The van der Waals surface area contributed by atoms with E-state index in [1.165, 1.54) is 6.07 Å².